The molecule has 1 fully saturated rings. The zero-order valence-corrected chi connectivity index (χ0v) is 5.89. The molecule has 1 unspecified atom stereocenters. The third-order valence-electron chi connectivity index (χ3n) is 1.14. The first kappa shape index (κ1) is 6.00. The van der Waals surface area contributed by atoms with Crippen molar-refractivity contribution in [2.75, 3.05) is 5.88 Å². The maximum absolute atomic E-state index is 5.59. The van der Waals surface area contributed by atoms with Crippen molar-refractivity contribution in [3.63, 3.8) is 0 Å². The van der Waals surface area contributed by atoms with E-state index in [1.165, 1.54) is 0 Å². The molecule has 0 aromatic carbocycles. The average molecular weight is 159 g/mol. The van der Waals surface area contributed by atoms with E-state index in [0.717, 1.165) is 6.42 Å². The van der Waals surface area contributed by atoms with Gasteiger partial charge in [0.05, 0.1) is 0 Å². The summed E-state index contributed by atoms with van der Waals surface area (Å²) in [5, 5.41) is 0. The molecule has 1 atom stereocenters. The van der Waals surface area contributed by atoms with E-state index in [1.807, 2.05) is 0 Å². The Hall–Kier alpha value is 0.870. The van der Waals surface area contributed by atoms with Crippen LogP contribution in [0.4, 0.5) is 0 Å². The largest absolute Gasteiger partial charge is 0.126 e. The van der Waals surface area contributed by atoms with Crippen molar-refractivity contribution in [1.29, 1.82) is 0 Å². The highest BCUT2D eigenvalue weighted by molar-refractivity contribution is 6.51. The summed E-state index contributed by atoms with van der Waals surface area (Å²) in [5.74, 6) is 0.935. The summed E-state index contributed by atoms with van der Waals surface area (Å²) in [5.41, 5.74) is 0. The average Bonchev–Trinajstić information content (AvgIpc) is 2.13. The molecule has 0 heterocycles. The molecule has 42 valence electrons. The van der Waals surface area contributed by atoms with Gasteiger partial charge in [-0.15, -0.1) is 34.8 Å². The molecule has 0 aliphatic heterocycles. The van der Waals surface area contributed by atoms with Crippen LogP contribution in [0.25, 0.3) is 0 Å². The quantitative estimate of drug-likeness (QED) is 0.516. The van der Waals surface area contributed by atoms with Gasteiger partial charge in [-0.3, -0.25) is 0 Å². The first-order chi connectivity index (χ1) is 3.17. The third kappa shape index (κ3) is 1.16. The van der Waals surface area contributed by atoms with E-state index < -0.39 is 4.33 Å². The SMILES string of the molecule is ClCC1CC1(Cl)Cl. The molecule has 0 bridgehead atoms. The first-order valence-corrected chi connectivity index (χ1v) is 3.39. The van der Waals surface area contributed by atoms with Crippen LogP contribution in [0.2, 0.25) is 0 Å². The van der Waals surface area contributed by atoms with E-state index in [4.69, 9.17) is 34.8 Å². The second kappa shape index (κ2) is 1.68. The molecular weight excluding hydrogens is 154 g/mol. The lowest BCUT2D eigenvalue weighted by Gasteiger charge is -1.88. The first-order valence-electron chi connectivity index (χ1n) is 2.10. The molecule has 0 spiro atoms. The monoisotopic (exact) mass is 158 g/mol. The number of halogens is 3. The molecule has 0 aromatic heterocycles. The fourth-order valence-corrected chi connectivity index (χ4v) is 1.49. The van der Waals surface area contributed by atoms with Gasteiger partial charge in [0.1, 0.15) is 4.33 Å². The zero-order valence-electron chi connectivity index (χ0n) is 3.63. The zero-order chi connectivity index (χ0) is 5.49. The third-order valence-corrected chi connectivity index (χ3v) is 2.44. The van der Waals surface area contributed by atoms with Gasteiger partial charge in [0.15, 0.2) is 0 Å². The summed E-state index contributed by atoms with van der Waals surface area (Å²) in [6.07, 6.45) is 0.861. The van der Waals surface area contributed by atoms with E-state index >= 15 is 0 Å². The highest BCUT2D eigenvalue weighted by Gasteiger charge is 2.50. The van der Waals surface area contributed by atoms with Crippen LogP contribution in [0.1, 0.15) is 6.42 Å². The van der Waals surface area contributed by atoms with Gasteiger partial charge >= 0.3 is 0 Å². The maximum Gasteiger partial charge on any atom is 0.122 e. The van der Waals surface area contributed by atoms with Gasteiger partial charge in [-0.1, -0.05) is 0 Å². The highest BCUT2D eigenvalue weighted by Crippen LogP contribution is 2.53. The number of hydrogen-bond donors (Lipinski definition) is 0. The number of alkyl halides is 3. The molecule has 1 aliphatic rings. The fraction of sp³-hybridized carbons (Fsp3) is 1.00. The van der Waals surface area contributed by atoms with E-state index in [-0.39, 0.29) is 0 Å². The predicted octanol–water partition coefficient (Wildman–Crippen LogP) is 2.42. The van der Waals surface area contributed by atoms with Crippen LogP contribution in [0, 0.1) is 5.92 Å². The molecule has 7 heavy (non-hydrogen) atoms. The van der Waals surface area contributed by atoms with Crippen molar-refractivity contribution >= 4 is 34.8 Å². The summed E-state index contributed by atoms with van der Waals surface area (Å²) in [7, 11) is 0. The Kier molecular flexibility index (Phi) is 1.44. The van der Waals surface area contributed by atoms with E-state index in [1.54, 1.807) is 0 Å². The fourth-order valence-electron chi connectivity index (χ4n) is 0.437. The molecule has 0 amide bonds. The van der Waals surface area contributed by atoms with Crippen LogP contribution >= 0.6 is 34.8 Å². The van der Waals surface area contributed by atoms with Crippen molar-refractivity contribution in [1.82, 2.24) is 0 Å². The van der Waals surface area contributed by atoms with Crippen LogP contribution in [-0.4, -0.2) is 10.2 Å². The molecule has 3 heteroatoms. The predicted molar refractivity (Wildman–Crippen MR) is 33.3 cm³/mol. The second-order valence-electron chi connectivity index (χ2n) is 1.82. The van der Waals surface area contributed by atoms with Gasteiger partial charge in [-0.25, -0.2) is 0 Å². The lowest BCUT2D eigenvalue weighted by molar-refractivity contribution is 0.973. The Morgan fingerprint density at radius 2 is 2.00 bits per heavy atom. The molecule has 1 rings (SSSR count). The Morgan fingerprint density at radius 3 is 2.00 bits per heavy atom. The van der Waals surface area contributed by atoms with E-state index in [2.05, 4.69) is 0 Å². The summed E-state index contributed by atoms with van der Waals surface area (Å²) >= 11 is 16.6. The Balaban J connectivity index is 2.30. The summed E-state index contributed by atoms with van der Waals surface area (Å²) in [4.78, 5) is 0. The summed E-state index contributed by atoms with van der Waals surface area (Å²) in [6, 6.07) is 0. The molecule has 0 aromatic rings. The minimum atomic E-state index is -0.470. The van der Waals surface area contributed by atoms with Gasteiger partial charge < -0.3 is 0 Å². The lowest BCUT2D eigenvalue weighted by Crippen LogP contribution is -1.89. The van der Waals surface area contributed by atoms with Crippen LogP contribution in [0.5, 0.6) is 0 Å². The van der Waals surface area contributed by atoms with Gasteiger partial charge in [0.2, 0.25) is 0 Å². The maximum atomic E-state index is 5.59. The van der Waals surface area contributed by atoms with Crippen molar-refractivity contribution in [3.05, 3.63) is 0 Å². The number of rotatable bonds is 1. The molecule has 1 aliphatic carbocycles. The molecule has 0 radical (unpaired) electrons. The minimum absolute atomic E-state index is 0.345. The highest BCUT2D eigenvalue weighted by atomic mass is 35.5. The standard InChI is InChI=1S/C4H5Cl3/c5-2-3-1-4(3,6)7/h3H,1-2H2. The Bertz CT molecular complexity index is 79.0. The van der Waals surface area contributed by atoms with Gasteiger partial charge in [0.25, 0.3) is 0 Å². The minimum Gasteiger partial charge on any atom is -0.126 e. The second-order valence-corrected chi connectivity index (χ2v) is 3.67. The Morgan fingerprint density at radius 1 is 1.57 bits per heavy atom. The molecule has 0 saturated heterocycles. The van der Waals surface area contributed by atoms with Gasteiger partial charge in [-0.05, 0) is 6.42 Å². The molecule has 0 N–H and O–H groups in total. The van der Waals surface area contributed by atoms with Crippen LogP contribution < -0.4 is 0 Å². The van der Waals surface area contributed by atoms with Gasteiger partial charge in [0, 0.05) is 11.8 Å². The van der Waals surface area contributed by atoms with E-state index in [0.29, 0.717) is 11.8 Å². The number of hydrogen-bond acceptors (Lipinski definition) is 0. The summed E-state index contributed by atoms with van der Waals surface area (Å²) < 4.78 is -0.470. The van der Waals surface area contributed by atoms with Crippen LogP contribution in [0.15, 0.2) is 0 Å². The summed E-state index contributed by atoms with van der Waals surface area (Å²) in [6.45, 7) is 0. The van der Waals surface area contributed by atoms with Crippen molar-refractivity contribution in [2.45, 2.75) is 10.8 Å². The molecule has 1 saturated carbocycles. The van der Waals surface area contributed by atoms with Crippen molar-refractivity contribution in [3.8, 4) is 0 Å². The smallest absolute Gasteiger partial charge is 0.122 e. The topological polar surface area (TPSA) is 0 Å². The van der Waals surface area contributed by atoms with Crippen LogP contribution in [0.3, 0.4) is 0 Å². The van der Waals surface area contributed by atoms with Gasteiger partial charge in [-0.2, -0.15) is 0 Å². The van der Waals surface area contributed by atoms with Crippen molar-refractivity contribution in [2.24, 2.45) is 5.92 Å². The van der Waals surface area contributed by atoms with Crippen LogP contribution in [-0.2, 0) is 0 Å². The molecular formula is C4H5Cl3. The van der Waals surface area contributed by atoms with Crippen molar-refractivity contribution < 1.29 is 0 Å². The van der Waals surface area contributed by atoms with E-state index in [9.17, 15) is 0 Å². The normalized spacial score (nSPS) is 35.6. The molecule has 0 nitrogen and oxygen atoms in total. The Labute approximate surface area is 57.7 Å². The lowest BCUT2D eigenvalue weighted by atomic mass is 10.5.